The molecule has 3 N–H and O–H groups in total. The van der Waals surface area contributed by atoms with Crippen LogP contribution in [0.5, 0.6) is 0 Å². The molecule has 0 aliphatic heterocycles. The van der Waals surface area contributed by atoms with Crippen molar-refractivity contribution in [2.45, 2.75) is 6.42 Å². The predicted molar refractivity (Wildman–Crippen MR) is 80.2 cm³/mol. The zero-order valence-corrected chi connectivity index (χ0v) is 11.6. The van der Waals surface area contributed by atoms with E-state index in [1.807, 2.05) is 4.98 Å². The van der Waals surface area contributed by atoms with E-state index in [0.717, 1.165) is 6.07 Å². The van der Waals surface area contributed by atoms with E-state index in [0.29, 0.717) is 5.56 Å². The Morgan fingerprint density at radius 2 is 2.09 bits per heavy atom. The summed E-state index contributed by atoms with van der Waals surface area (Å²) in [6, 6.07) is 6.79. The first kappa shape index (κ1) is 15.8. The highest BCUT2D eigenvalue weighted by molar-refractivity contribution is 5.83. The predicted octanol–water partition coefficient (Wildman–Crippen LogP) is -0.336. The number of nitrogens with zero attached hydrogens (tertiary/aromatic N) is 2. The Bertz CT molecular complexity index is 854. The number of non-ortho nitro benzene ring substituents is 1. The van der Waals surface area contributed by atoms with Crippen LogP contribution in [0.1, 0.15) is 11.3 Å². The molecule has 1 amide bonds. The number of nitrogens with one attached hydrogen (secondary N) is 3. The molecule has 0 aliphatic rings. The molecule has 0 fully saturated rings. The Balaban J connectivity index is 1.98. The number of rotatable bonds is 5. The summed E-state index contributed by atoms with van der Waals surface area (Å²) >= 11 is 0. The number of H-pyrrole nitrogens is 2. The number of carbonyl (C=O) groups excluding carboxylic acids is 1. The number of carbonyl (C=O) groups is 1. The van der Waals surface area contributed by atoms with Crippen LogP contribution < -0.4 is 16.7 Å². The molecule has 10 heteroatoms. The van der Waals surface area contributed by atoms with Gasteiger partial charge in [0.1, 0.15) is 0 Å². The van der Waals surface area contributed by atoms with Gasteiger partial charge in [0.2, 0.25) is 5.91 Å². The van der Waals surface area contributed by atoms with E-state index in [1.165, 1.54) is 24.4 Å². The van der Waals surface area contributed by atoms with Crippen LogP contribution in [0.2, 0.25) is 0 Å². The van der Waals surface area contributed by atoms with Crippen LogP contribution in [0.25, 0.3) is 0 Å². The van der Waals surface area contributed by atoms with E-state index in [1.54, 1.807) is 6.07 Å². The Kier molecular flexibility index (Phi) is 4.77. The number of aromatic amines is 2. The zero-order valence-electron chi connectivity index (χ0n) is 11.6. The second-order valence-corrected chi connectivity index (χ2v) is 4.44. The van der Waals surface area contributed by atoms with Gasteiger partial charge >= 0.3 is 5.69 Å². The summed E-state index contributed by atoms with van der Waals surface area (Å²) in [6.45, 7) is 0. The maximum Gasteiger partial charge on any atom is 0.325 e. The third kappa shape index (κ3) is 4.74. The Morgan fingerprint density at radius 1 is 1.30 bits per heavy atom. The van der Waals surface area contributed by atoms with Gasteiger partial charge in [-0.1, -0.05) is 12.1 Å². The highest BCUT2D eigenvalue weighted by atomic mass is 16.6. The minimum Gasteiger partial charge on any atom is -0.311 e. The van der Waals surface area contributed by atoms with E-state index in [-0.39, 0.29) is 17.8 Å². The van der Waals surface area contributed by atoms with Gasteiger partial charge in [-0.25, -0.2) is 10.2 Å². The third-order valence-electron chi connectivity index (χ3n) is 2.65. The molecule has 0 saturated heterocycles. The Labute approximate surface area is 128 Å². The van der Waals surface area contributed by atoms with Crippen LogP contribution in [-0.4, -0.2) is 27.0 Å². The molecule has 2 aromatic rings. The molecular weight excluding hydrogens is 306 g/mol. The monoisotopic (exact) mass is 317 g/mol. The van der Waals surface area contributed by atoms with Crippen molar-refractivity contribution in [3.63, 3.8) is 0 Å². The average molecular weight is 317 g/mol. The fourth-order valence-electron chi connectivity index (χ4n) is 1.72. The molecule has 0 saturated carbocycles. The van der Waals surface area contributed by atoms with Crippen molar-refractivity contribution < 1.29 is 9.72 Å². The van der Waals surface area contributed by atoms with E-state index in [9.17, 15) is 24.5 Å². The van der Waals surface area contributed by atoms with E-state index >= 15 is 0 Å². The average Bonchev–Trinajstić information content (AvgIpc) is 2.46. The lowest BCUT2D eigenvalue weighted by Gasteiger charge is -1.99. The van der Waals surface area contributed by atoms with Crippen molar-refractivity contribution >= 4 is 17.8 Å². The second kappa shape index (κ2) is 6.93. The zero-order chi connectivity index (χ0) is 16.8. The Hall–Kier alpha value is -3.56. The van der Waals surface area contributed by atoms with Crippen LogP contribution in [0.4, 0.5) is 5.69 Å². The molecule has 23 heavy (non-hydrogen) atoms. The molecule has 0 unspecified atom stereocenters. The highest BCUT2D eigenvalue weighted by Gasteiger charge is 2.05. The van der Waals surface area contributed by atoms with Crippen molar-refractivity contribution in [3.05, 3.63) is 72.5 Å². The largest absolute Gasteiger partial charge is 0.325 e. The van der Waals surface area contributed by atoms with Gasteiger partial charge < -0.3 is 4.98 Å². The van der Waals surface area contributed by atoms with Gasteiger partial charge in [0.25, 0.3) is 11.2 Å². The summed E-state index contributed by atoms with van der Waals surface area (Å²) in [5.41, 5.74) is 1.35. The molecule has 2 rings (SSSR count). The van der Waals surface area contributed by atoms with Crippen LogP contribution in [-0.2, 0) is 11.2 Å². The maximum atomic E-state index is 11.6. The lowest BCUT2D eigenvalue weighted by Crippen LogP contribution is -2.26. The molecular formula is C13H11N5O5. The fraction of sp³-hybridized carbons (Fsp3) is 0.0769. The van der Waals surface area contributed by atoms with Gasteiger partial charge in [-0.3, -0.25) is 24.7 Å². The van der Waals surface area contributed by atoms with Crippen LogP contribution in [0, 0.1) is 10.1 Å². The topological polar surface area (TPSA) is 150 Å². The lowest BCUT2D eigenvalue weighted by atomic mass is 10.2. The van der Waals surface area contributed by atoms with E-state index in [4.69, 9.17) is 0 Å². The minimum atomic E-state index is -0.708. The number of nitro benzene ring substituents is 1. The van der Waals surface area contributed by atoms with Crippen molar-refractivity contribution in [2.75, 3.05) is 0 Å². The van der Waals surface area contributed by atoms with Crippen molar-refractivity contribution in [1.82, 2.24) is 15.4 Å². The lowest BCUT2D eigenvalue weighted by molar-refractivity contribution is -0.384. The van der Waals surface area contributed by atoms with Gasteiger partial charge in [-0.05, 0) is 0 Å². The number of nitro groups is 1. The summed E-state index contributed by atoms with van der Waals surface area (Å²) in [6.07, 6.45) is 0.997. The van der Waals surface area contributed by atoms with Crippen LogP contribution >= 0.6 is 0 Å². The molecule has 0 bridgehead atoms. The molecule has 0 radical (unpaired) electrons. The summed E-state index contributed by atoms with van der Waals surface area (Å²) < 4.78 is 0. The van der Waals surface area contributed by atoms with Gasteiger partial charge in [-0.2, -0.15) is 5.10 Å². The number of hydrazone groups is 1. The second-order valence-electron chi connectivity index (χ2n) is 4.44. The van der Waals surface area contributed by atoms with Gasteiger partial charge in [-0.15, -0.1) is 0 Å². The SMILES string of the molecule is O=C(Cc1cc(=O)[nH]c(=O)[nH]1)NN=Cc1cccc([N+](=O)[O-])c1. The van der Waals surface area contributed by atoms with Crippen LogP contribution in [0.3, 0.4) is 0 Å². The first-order valence-corrected chi connectivity index (χ1v) is 6.33. The van der Waals surface area contributed by atoms with E-state index < -0.39 is 22.1 Å². The van der Waals surface area contributed by atoms with Gasteiger partial charge in [0, 0.05) is 29.5 Å². The molecule has 1 heterocycles. The fourth-order valence-corrected chi connectivity index (χ4v) is 1.72. The summed E-state index contributed by atoms with van der Waals surface area (Å²) in [4.78, 5) is 48.1. The number of amides is 1. The summed E-state index contributed by atoms with van der Waals surface area (Å²) in [5, 5.41) is 14.3. The molecule has 118 valence electrons. The molecule has 1 aromatic carbocycles. The smallest absolute Gasteiger partial charge is 0.311 e. The molecule has 0 aliphatic carbocycles. The van der Waals surface area contributed by atoms with Gasteiger partial charge in [0.05, 0.1) is 17.6 Å². The van der Waals surface area contributed by atoms with Crippen molar-refractivity contribution in [3.8, 4) is 0 Å². The number of benzene rings is 1. The highest BCUT2D eigenvalue weighted by Crippen LogP contribution is 2.11. The van der Waals surface area contributed by atoms with Crippen molar-refractivity contribution in [1.29, 1.82) is 0 Å². The first-order valence-electron chi connectivity index (χ1n) is 6.33. The molecule has 0 atom stereocenters. The van der Waals surface area contributed by atoms with Crippen LogP contribution in [0.15, 0.2) is 45.0 Å². The minimum absolute atomic E-state index is 0.0960. The summed E-state index contributed by atoms with van der Waals surface area (Å²) in [7, 11) is 0. The number of hydrogen-bond acceptors (Lipinski definition) is 6. The Morgan fingerprint density at radius 3 is 2.78 bits per heavy atom. The number of aromatic nitrogens is 2. The molecule has 10 nitrogen and oxygen atoms in total. The maximum absolute atomic E-state index is 11.6. The standard InChI is InChI=1S/C13H11N5O5/c19-11-5-9(15-13(21)16-11)6-12(20)17-14-7-8-2-1-3-10(4-8)18(22)23/h1-5,7H,6H2,(H,17,20)(H2,15,16,19,21). The third-order valence-corrected chi connectivity index (χ3v) is 2.65. The van der Waals surface area contributed by atoms with Gasteiger partial charge in [0.15, 0.2) is 0 Å². The van der Waals surface area contributed by atoms with Crippen molar-refractivity contribution in [2.24, 2.45) is 5.10 Å². The molecule has 1 aromatic heterocycles. The molecule has 0 spiro atoms. The quantitative estimate of drug-likeness (QED) is 0.392. The normalized spacial score (nSPS) is 10.6. The summed E-state index contributed by atoms with van der Waals surface area (Å²) in [5.74, 6) is -0.562. The first-order chi connectivity index (χ1) is 10.9. The van der Waals surface area contributed by atoms with E-state index in [2.05, 4.69) is 15.5 Å². The number of hydrogen-bond donors (Lipinski definition) is 3.